The third kappa shape index (κ3) is 4.49. The molecule has 2 aromatic carbocycles. The molecule has 1 N–H and O–H groups in total. The van der Waals surface area contributed by atoms with E-state index in [4.69, 9.17) is 18.3 Å². The zero-order valence-electron chi connectivity index (χ0n) is 17.6. The standard InChI is InChI=1S/C24H21NO7/c1-3-14-9-22(26)32-21-12-17(6-8-18(14)21)30-13-15-10-23(27)31-20-11-16(5-7-19(15)20)25-24(28)29-4-2/h5-12H,3-4,13H2,1-2H3,(H,25,28). The van der Waals surface area contributed by atoms with Crippen LogP contribution in [0.1, 0.15) is 25.0 Å². The van der Waals surface area contributed by atoms with Gasteiger partial charge in [-0.15, -0.1) is 0 Å². The smallest absolute Gasteiger partial charge is 0.411 e. The maximum Gasteiger partial charge on any atom is 0.411 e. The summed E-state index contributed by atoms with van der Waals surface area (Å²) in [5.41, 5.74) is 1.76. The molecule has 0 aliphatic heterocycles. The first-order valence-corrected chi connectivity index (χ1v) is 10.2. The Morgan fingerprint density at radius 1 is 0.875 bits per heavy atom. The number of carbonyl (C=O) groups excluding carboxylic acids is 1. The molecule has 0 fully saturated rings. The minimum atomic E-state index is -0.595. The van der Waals surface area contributed by atoms with Gasteiger partial charge in [0.15, 0.2) is 0 Å². The molecule has 0 saturated carbocycles. The van der Waals surface area contributed by atoms with Crippen LogP contribution in [0.4, 0.5) is 10.5 Å². The number of hydrogen-bond acceptors (Lipinski definition) is 7. The maximum absolute atomic E-state index is 12.1. The summed E-state index contributed by atoms with van der Waals surface area (Å²) in [6.45, 7) is 4.01. The molecular weight excluding hydrogens is 414 g/mol. The van der Waals surface area contributed by atoms with Crippen molar-refractivity contribution < 1.29 is 23.1 Å². The summed E-state index contributed by atoms with van der Waals surface area (Å²) in [6, 6.07) is 13.1. The van der Waals surface area contributed by atoms with Crippen molar-refractivity contribution >= 4 is 33.7 Å². The molecular formula is C24H21NO7. The Morgan fingerprint density at radius 2 is 1.53 bits per heavy atom. The Labute approximate surface area is 182 Å². The average Bonchev–Trinajstić information content (AvgIpc) is 2.76. The van der Waals surface area contributed by atoms with E-state index in [1.165, 1.54) is 12.1 Å². The van der Waals surface area contributed by atoms with Gasteiger partial charge in [-0.1, -0.05) is 6.92 Å². The van der Waals surface area contributed by atoms with Crippen molar-refractivity contribution in [2.24, 2.45) is 0 Å². The van der Waals surface area contributed by atoms with E-state index in [0.29, 0.717) is 40.0 Å². The van der Waals surface area contributed by atoms with Crippen LogP contribution in [0.2, 0.25) is 0 Å². The third-order valence-corrected chi connectivity index (χ3v) is 4.93. The molecule has 32 heavy (non-hydrogen) atoms. The summed E-state index contributed by atoms with van der Waals surface area (Å²) in [5.74, 6) is 0.496. The van der Waals surface area contributed by atoms with E-state index in [0.717, 1.165) is 10.9 Å². The number of ether oxygens (including phenoxy) is 2. The first-order chi connectivity index (χ1) is 15.5. The highest BCUT2D eigenvalue weighted by molar-refractivity contribution is 5.90. The molecule has 2 aromatic heterocycles. The first-order valence-electron chi connectivity index (χ1n) is 10.2. The number of carbonyl (C=O) groups is 1. The van der Waals surface area contributed by atoms with Crippen LogP contribution in [0.25, 0.3) is 21.9 Å². The Bertz CT molecular complexity index is 1420. The summed E-state index contributed by atoms with van der Waals surface area (Å²) in [5, 5.41) is 4.09. The number of rotatable bonds is 6. The molecule has 0 aliphatic carbocycles. The number of fused-ring (bicyclic) bond motifs is 2. The molecule has 0 saturated heterocycles. The molecule has 8 nitrogen and oxygen atoms in total. The fraction of sp³-hybridized carbons (Fsp3) is 0.208. The number of hydrogen-bond donors (Lipinski definition) is 1. The lowest BCUT2D eigenvalue weighted by Gasteiger charge is -2.11. The maximum atomic E-state index is 12.1. The normalized spacial score (nSPS) is 10.9. The van der Waals surface area contributed by atoms with Crippen molar-refractivity contribution in [3.8, 4) is 5.75 Å². The molecule has 4 rings (SSSR count). The van der Waals surface area contributed by atoms with Gasteiger partial charge in [0.05, 0.1) is 6.61 Å². The lowest BCUT2D eigenvalue weighted by Crippen LogP contribution is -2.13. The van der Waals surface area contributed by atoms with Crippen LogP contribution in [0.5, 0.6) is 5.75 Å². The van der Waals surface area contributed by atoms with Gasteiger partial charge in [-0.25, -0.2) is 14.4 Å². The highest BCUT2D eigenvalue weighted by Crippen LogP contribution is 2.26. The van der Waals surface area contributed by atoms with E-state index in [2.05, 4.69) is 5.32 Å². The minimum absolute atomic E-state index is 0.0932. The quantitative estimate of drug-likeness (QED) is 0.441. The van der Waals surface area contributed by atoms with E-state index in [1.54, 1.807) is 37.3 Å². The van der Waals surface area contributed by atoms with E-state index in [-0.39, 0.29) is 13.2 Å². The van der Waals surface area contributed by atoms with Crippen LogP contribution in [0, 0.1) is 0 Å². The molecule has 2 heterocycles. The Hall–Kier alpha value is -4.07. The summed E-state index contributed by atoms with van der Waals surface area (Å²) in [6.07, 6.45) is 0.115. The monoisotopic (exact) mass is 435 g/mol. The lowest BCUT2D eigenvalue weighted by molar-refractivity contribution is 0.168. The van der Waals surface area contributed by atoms with Crippen LogP contribution in [0.15, 0.2) is 67.0 Å². The number of amides is 1. The zero-order valence-corrected chi connectivity index (χ0v) is 17.6. The molecule has 0 unspecified atom stereocenters. The van der Waals surface area contributed by atoms with Gasteiger partial charge in [0.2, 0.25) is 0 Å². The molecule has 4 aromatic rings. The number of aryl methyl sites for hydroxylation is 1. The highest BCUT2D eigenvalue weighted by atomic mass is 16.5. The Kier molecular flexibility index (Phi) is 5.93. The van der Waals surface area contributed by atoms with Gasteiger partial charge in [0.1, 0.15) is 23.5 Å². The van der Waals surface area contributed by atoms with Crippen molar-refractivity contribution in [1.82, 2.24) is 0 Å². The molecule has 164 valence electrons. The molecule has 0 radical (unpaired) electrons. The van der Waals surface area contributed by atoms with Crippen LogP contribution in [-0.4, -0.2) is 12.7 Å². The van der Waals surface area contributed by atoms with Gasteiger partial charge in [0, 0.05) is 46.3 Å². The van der Waals surface area contributed by atoms with E-state index in [1.807, 2.05) is 13.0 Å². The zero-order chi connectivity index (χ0) is 22.7. The second-order valence-corrected chi connectivity index (χ2v) is 7.04. The molecule has 0 spiro atoms. The van der Waals surface area contributed by atoms with Crippen molar-refractivity contribution in [2.45, 2.75) is 26.9 Å². The predicted octanol–water partition coefficient (Wildman–Crippen LogP) is 4.61. The second kappa shape index (κ2) is 8.97. The number of anilines is 1. The topological polar surface area (TPSA) is 108 Å². The van der Waals surface area contributed by atoms with Crippen LogP contribution in [0.3, 0.4) is 0 Å². The Morgan fingerprint density at radius 3 is 2.25 bits per heavy atom. The fourth-order valence-corrected chi connectivity index (χ4v) is 3.47. The van der Waals surface area contributed by atoms with Gasteiger partial charge >= 0.3 is 17.3 Å². The van der Waals surface area contributed by atoms with Crippen LogP contribution in [-0.2, 0) is 17.8 Å². The van der Waals surface area contributed by atoms with Crippen molar-refractivity contribution in [3.63, 3.8) is 0 Å². The van der Waals surface area contributed by atoms with Gasteiger partial charge in [0.25, 0.3) is 0 Å². The van der Waals surface area contributed by atoms with E-state index >= 15 is 0 Å². The molecule has 1 amide bonds. The van der Waals surface area contributed by atoms with Crippen molar-refractivity contribution in [3.05, 3.63) is 80.5 Å². The van der Waals surface area contributed by atoms with Crippen molar-refractivity contribution in [1.29, 1.82) is 0 Å². The number of nitrogens with one attached hydrogen (secondary N) is 1. The van der Waals surface area contributed by atoms with Gasteiger partial charge in [-0.05, 0) is 43.2 Å². The summed E-state index contributed by atoms with van der Waals surface area (Å²) in [4.78, 5) is 35.5. The minimum Gasteiger partial charge on any atom is -0.489 e. The summed E-state index contributed by atoms with van der Waals surface area (Å²) in [7, 11) is 0. The Balaban J connectivity index is 1.61. The predicted molar refractivity (Wildman–Crippen MR) is 119 cm³/mol. The van der Waals surface area contributed by atoms with Crippen LogP contribution < -0.4 is 21.3 Å². The lowest BCUT2D eigenvalue weighted by atomic mass is 10.1. The van der Waals surface area contributed by atoms with E-state index < -0.39 is 17.3 Å². The molecule has 8 heteroatoms. The SMILES string of the molecule is CCOC(=O)Nc1ccc2c(COc3ccc4c(CC)cc(=O)oc4c3)cc(=O)oc2c1. The number of benzene rings is 2. The molecule has 0 bridgehead atoms. The second-order valence-electron chi connectivity index (χ2n) is 7.04. The van der Waals surface area contributed by atoms with Gasteiger partial charge in [-0.3, -0.25) is 5.32 Å². The van der Waals surface area contributed by atoms with Crippen LogP contribution >= 0.6 is 0 Å². The largest absolute Gasteiger partial charge is 0.489 e. The van der Waals surface area contributed by atoms with Gasteiger partial charge < -0.3 is 18.3 Å². The highest BCUT2D eigenvalue weighted by Gasteiger charge is 2.11. The molecule has 0 aliphatic rings. The van der Waals surface area contributed by atoms with E-state index in [9.17, 15) is 14.4 Å². The van der Waals surface area contributed by atoms with Crippen molar-refractivity contribution in [2.75, 3.05) is 11.9 Å². The molecule has 0 atom stereocenters. The fourth-order valence-electron chi connectivity index (χ4n) is 3.47. The van der Waals surface area contributed by atoms with Gasteiger partial charge in [-0.2, -0.15) is 0 Å². The summed E-state index contributed by atoms with van der Waals surface area (Å²) < 4.78 is 21.3. The third-order valence-electron chi connectivity index (χ3n) is 4.93. The summed E-state index contributed by atoms with van der Waals surface area (Å²) >= 11 is 0. The average molecular weight is 435 g/mol. The first kappa shape index (κ1) is 21.2.